The number of hydrogen-bond donors (Lipinski definition) is 5. The molecule has 0 unspecified atom stereocenters. The van der Waals surface area contributed by atoms with Gasteiger partial charge in [-0.05, 0) is 43.7 Å². The average Bonchev–Trinajstić information content (AvgIpc) is 2.88. The number of phenolic OH excluding ortho intramolecular Hbond substituents is 1. The number of allylic oxidation sites excluding steroid dienone is 1. The van der Waals surface area contributed by atoms with Gasteiger partial charge in [-0.3, -0.25) is 15.5 Å². The van der Waals surface area contributed by atoms with Gasteiger partial charge in [-0.1, -0.05) is 6.07 Å². The third-order valence-corrected chi connectivity index (χ3v) is 5.31. The number of amides is 2. The maximum Gasteiger partial charge on any atom is 0.337 e. The number of nitro groups is 1. The summed E-state index contributed by atoms with van der Waals surface area (Å²) >= 11 is 0. The fourth-order valence-corrected chi connectivity index (χ4v) is 3.59. The molecule has 2 aromatic rings. The van der Waals surface area contributed by atoms with Crippen molar-refractivity contribution in [2.75, 3.05) is 20.3 Å². The van der Waals surface area contributed by atoms with Crippen LogP contribution < -0.4 is 25.5 Å². The third-order valence-electron chi connectivity index (χ3n) is 5.31. The van der Waals surface area contributed by atoms with Gasteiger partial charge < -0.3 is 35.1 Å². The fraction of sp³-hybridized carbons (Fsp3) is 0.292. The standard InChI is InChI=1S/C24H27N5O9/c1-4-37-19-10-15(22-21(23(32)36-3)13(2)26-24(33)27-22)6-8-18(19)38-12-20(31)28-25-11-14-5-7-17(30)16(9-14)29(34)35/h5-11,20,22,28,30-31H,4,12H2,1-3H3,(H2,26,27,33)/b25-11-/t20-,22-/m0/s1. The number of nitro benzene ring substituents is 1. The summed E-state index contributed by atoms with van der Waals surface area (Å²) in [6.07, 6.45) is -0.0228. The number of methoxy groups -OCH3 is 1. The predicted octanol–water partition coefficient (Wildman–Crippen LogP) is 1.82. The molecule has 0 saturated carbocycles. The summed E-state index contributed by atoms with van der Waals surface area (Å²) in [6, 6.07) is 7.27. The Morgan fingerprint density at radius 2 is 2.03 bits per heavy atom. The van der Waals surface area contributed by atoms with Crippen molar-refractivity contribution < 1.29 is 38.9 Å². The highest BCUT2D eigenvalue weighted by molar-refractivity contribution is 5.95. The van der Waals surface area contributed by atoms with E-state index in [1.807, 2.05) is 0 Å². The van der Waals surface area contributed by atoms with Crippen LogP contribution >= 0.6 is 0 Å². The molecule has 2 amide bonds. The molecule has 3 rings (SSSR count). The number of nitrogens with one attached hydrogen (secondary N) is 3. The Morgan fingerprint density at radius 1 is 1.26 bits per heavy atom. The lowest BCUT2D eigenvalue weighted by Crippen LogP contribution is -2.45. The molecule has 0 aromatic heterocycles. The molecule has 0 radical (unpaired) electrons. The molecule has 2 atom stereocenters. The van der Waals surface area contributed by atoms with Crippen molar-refractivity contribution in [3.8, 4) is 17.2 Å². The van der Waals surface area contributed by atoms with Gasteiger partial charge in [0.05, 0.1) is 36.5 Å². The predicted molar refractivity (Wildman–Crippen MR) is 134 cm³/mol. The van der Waals surface area contributed by atoms with Gasteiger partial charge >= 0.3 is 17.7 Å². The van der Waals surface area contributed by atoms with Crippen LogP contribution in [0.2, 0.25) is 0 Å². The van der Waals surface area contributed by atoms with Crippen molar-refractivity contribution in [1.29, 1.82) is 0 Å². The Balaban J connectivity index is 1.70. The number of aliphatic hydroxyl groups is 1. The molecule has 1 aliphatic heterocycles. The van der Waals surface area contributed by atoms with E-state index in [0.717, 1.165) is 6.07 Å². The van der Waals surface area contributed by atoms with Gasteiger partial charge in [0, 0.05) is 17.3 Å². The second kappa shape index (κ2) is 12.4. The number of rotatable bonds is 11. The number of hydrogen-bond acceptors (Lipinski definition) is 11. The number of nitrogens with zero attached hydrogens (tertiary/aromatic N) is 2. The van der Waals surface area contributed by atoms with Crippen LogP contribution in [0.5, 0.6) is 17.2 Å². The second-order valence-electron chi connectivity index (χ2n) is 7.92. The number of urea groups is 1. The number of carbonyl (C=O) groups is 2. The normalized spacial score (nSPS) is 15.9. The zero-order valence-electron chi connectivity index (χ0n) is 20.8. The van der Waals surface area contributed by atoms with Crippen LogP contribution in [0.4, 0.5) is 10.5 Å². The summed E-state index contributed by atoms with van der Waals surface area (Å²) in [5, 5.41) is 39.7. The van der Waals surface area contributed by atoms with Crippen LogP contribution in [0.15, 0.2) is 52.8 Å². The topological polar surface area (TPSA) is 194 Å². The Hall–Kier alpha value is -4.85. The summed E-state index contributed by atoms with van der Waals surface area (Å²) in [5.41, 5.74) is 3.42. The van der Waals surface area contributed by atoms with Crippen LogP contribution in [-0.4, -0.2) is 59.9 Å². The zero-order chi connectivity index (χ0) is 27.8. The van der Waals surface area contributed by atoms with E-state index in [-0.39, 0.29) is 17.9 Å². The minimum Gasteiger partial charge on any atom is -0.502 e. The number of phenols is 1. The minimum atomic E-state index is -1.26. The van der Waals surface area contributed by atoms with Gasteiger partial charge in [0.15, 0.2) is 23.5 Å². The summed E-state index contributed by atoms with van der Waals surface area (Å²) in [7, 11) is 1.25. The molecular weight excluding hydrogens is 502 g/mol. The molecular formula is C24H27N5O9. The maximum atomic E-state index is 12.3. The van der Waals surface area contributed by atoms with E-state index >= 15 is 0 Å². The number of hydrazone groups is 1. The first-order chi connectivity index (χ1) is 18.1. The molecule has 38 heavy (non-hydrogen) atoms. The van der Waals surface area contributed by atoms with E-state index < -0.39 is 40.6 Å². The first-order valence-corrected chi connectivity index (χ1v) is 11.3. The molecule has 14 heteroatoms. The number of aromatic hydroxyl groups is 1. The van der Waals surface area contributed by atoms with E-state index in [2.05, 4.69) is 21.2 Å². The Labute approximate surface area is 217 Å². The molecule has 2 aromatic carbocycles. The van der Waals surface area contributed by atoms with Crippen molar-refractivity contribution >= 4 is 23.9 Å². The molecule has 5 N–H and O–H groups in total. The van der Waals surface area contributed by atoms with Crippen LogP contribution in [-0.2, 0) is 9.53 Å². The van der Waals surface area contributed by atoms with Gasteiger partial charge in [-0.25, -0.2) is 9.59 Å². The summed E-state index contributed by atoms with van der Waals surface area (Å²) < 4.78 is 16.2. The minimum absolute atomic E-state index is 0.236. The van der Waals surface area contributed by atoms with Gasteiger partial charge in [-0.15, -0.1) is 0 Å². The van der Waals surface area contributed by atoms with Crippen LogP contribution in [0, 0.1) is 10.1 Å². The van der Waals surface area contributed by atoms with Crippen molar-refractivity contribution in [3.05, 3.63) is 68.9 Å². The first kappa shape index (κ1) is 27.7. The number of aliphatic hydroxyl groups excluding tert-OH is 1. The van der Waals surface area contributed by atoms with Crippen molar-refractivity contribution in [1.82, 2.24) is 16.1 Å². The summed E-state index contributed by atoms with van der Waals surface area (Å²) in [4.78, 5) is 34.6. The van der Waals surface area contributed by atoms with E-state index in [1.54, 1.807) is 32.0 Å². The van der Waals surface area contributed by atoms with E-state index in [4.69, 9.17) is 14.2 Å². The third kappa shape index (κ3) is 6.67. The molecule has 1 heterocycles. The SMILES string of the molecule is CCOc1cc([C@@H]2NC(=O)NC(C)=C2C(=O)OC)ccc1OC[C@H](O)N/N=C\c1ccc(O)c([N+](=O)[O-])c1. The largest absolute Gasteiger partial charge is 0.502 e. The van der Waals surface area contributed by atoms with Crippen LogP contribution in [0.3, 0.4) is 0 Å². The fourth-order valence-electron chi connectivity index (χ4n) is 3.59. The van der Waals surface area contributed by atoms with Crippen LogP contribution in [0.1, 0.15) is 31.0 Å². The number of carbonyl (C=O) groups excluding carboxylic acids is 2. The number of benzene rings is 2. The van der Waals surface area contributed by atoms with Gasteiger partial charge in [0.25, 0.3) is 0 Å². The molecule has 14 nitrogen and oxygen atoms in total. The Bertz CT molecular complexity index is 1280. The highest BCUT2D eigenvalue weighted by atomic mass is 16.6. The lowest BCUT2D eigenvalue weighted by molar-refractivity contribution is -0.385. The molecule has 0 saturated heterocycles. The zero-order valence-corrected chi connectivity index (χ0v) is 20.8. The lowest BCUT2D eigenvalue weighted by Gasteiger charge is -2.28. The van der Waals surface area contributed by atoms with Gasteiger partial charge in [-0.2, -0.15) is 5.10 Å². The highest BCUT2D eigenvalue weighted by Crippen LogP contribution is 2.35. The summed E-state index contributed by atoms with van der Waals surface area (Å²) in [5.74, 6) is -0.475. The van der Waals surface area contributed by atoms with E-state index in [0.29, 0.717) is 29.2 Å². The smallest absolute Gasteiger partial charge is 0.337 e. The van der Waals surface area contributed by atoms with Crippen molar-refractivity contribution in [2.45, 2.75) is 26.1 Å². The Morgan fingerprint density at radius 3 is 2.71 bits per heavy atom. The van der Waals surface area contributed by atoms with Crippen molar-refractivity contribution in [3.63, 3.8) is 0 Å². The average molecular weight is 530 g/mol. The molecule has 202 valence electrons. The van der Waals surface area contributed by atoms with Crippen molar-refractivity contribution in [2.24, 2.45) is 5.10 Å². The van der Waals surface area contributed by atoms with E-state index in [1.165, 1.54) is 25.5 Å². The quantitative estimate of drug-likeness (QED) is 0.0942. The molecule has 0 fully saturated rings. The molecule has 0 aliphatic carbocycles. The molecule has 0 spiro atoms. The maximum absolute atomic E-state index is 12.3. The first-order valence-electron chi connectivity index (χ1n) is 11.3. The van der Waals surface area contributed by atoms with Gasteiger partial charge in [0.1, 0.15) is 6.61 Å². The molecule has 0 bridgehead atoms. The van der Waals surface area contributed by atoms with Gasteiger partial charge in [0.2, 0.25) is 0 Å². The Kier molecular flexibility index (Phi) is 9.05. The van der Waals surface area contributed by atoms with E-state index in [9.17, 15) is 29.9 Å². The monoisotopic (exact) mass is 529 g/mol. The van der Waals surface area contributed by atoms with Crippen LogP contribution in [0.25, 0.3) is 0 Å². The summed E-state index contributed by atoms with van der Waals surface area (Å²) in [6.45, 7) is 3.41. The lowest BCUT2D eigenvalue weighted by atomic mass is 9.95. The second-order valence-corrected chi connectivity index (χ2v) is 7.92. The highest BCUT2D eigenvalue weighted by Gasteiger charge is 2.32. The number of esters is 1. The molecule has 1 aliphatic rings. The number of ether oxygens (including phenoxy) is 3.